The van der Waals surface area contributed by atoms with Crippen molar-refractivity contribution in [1.29, 1.82) is 0 Å². The summed E-state index contributed by atoms with van der Waals surface area (Å²) in [5.41, 5.74) is 2.74. The van der Waals surface area contributed by atoms with Crippen LogP contribution in [0.2, 0.25) is 0 Å². The summed E-state index contributed by atoms with van der Waals surface area (Å²) in [5, 5.41) is 2.87. The van der Waals surface area contributed by atoms with E-state index in [4.69, 9.17) is 9.47 Å². The Morgan fingerprint density at radius 2 is 1.69 bits per heavy atom. The van der Waals surface area contributed by atoms with Crippen LogP contribution in [0.5, 0.6) is 11.5 Å². The summed E-state index contributed by atoms with van der Waals surface area (Å²) in [6.07, 6.45) is 7.93. The molecule has 1 amide bonds. The fourth-order valence-electron chi connectivity index (χ4n) is 3.91. The van der Waals surface area contributed by atoms with E-state index in [0.717, 1.165) is 51.7 Å². The first-order valence-corrected chi connectivity index (χ1v) is 11.2. The number of halogens is 1. The van der Waals surface area contributed by atoms with Gasteiger partial charge in [0.25, 0.3) is 5.91 Å². The second-order valence-electron chi connectivity index (χ2n) is 7.87. The average molecular weight is 460 g/mol. The van der Waals surface area contributed by atoms with Gasteiger partial charge in [-0.1, -0.05) is 48.0 Å². The summed E-state index contributed by atoms with van der Waals surface area (Å²) < 4.78 is 12.6. The molecule has 1 aliphatic carbocycles. The van der Waals surface area contributed by atoms with Gasteiger partial charge in [-0.2, -0.15) is 0 Å². The molecule has 0 saturated heterocycles. The number of aryl methyl sites for hydroxylation is 2. The van der Waals surface area contributed by atoms with Crippen molar-refractivity contribution >= 4 is 27.5 Å². The number of hydrogen-bond donors (Lipinski definition) is 1. The largest absolute Gasteiger partial charge is 0.494 e. The van der Waals surface area contributed by atoms with Crippen LogP contribution in [-0.4, -0.2) is 19.1 Å². The van der Waals surface area contributed by atoms with E-state index in [1.54, 1.807) is 0 Å². The van der Waals surface area contributed by atoms with Crippen LogP contribution in [0.15, 0.2) is 40.9 Å². The highest BCUT2D eigenvalue weighted by atomic mass is 79.9. The highest BCUT2D eigenvalue weighted by Gasteiger charge is 2.13. The highest BCUT2D eigenvalue weighted by molar-refractivity contribution is 9.10. The van der Waals surface area contributed by atoms with Gasteiger partial charge in [0, 0.05) is 10.2 Å². The standard InChI is InChI=1S/C24H30BrNO3/c1-17-14-20(25)15-18(2)24(17)29-16-23(27)26-21-8-10-22(11-9-21)28-13-12-19-6-4-3-5-7-19/h8-11,14-15,19H,3-7,12-13,16H2,1-2H3,(H,26,27). The minimum absolute atomic E-state index is 0.0248. The third-order valence-electron chi connectivity index (χ3n) is 5.43. The molecule has 4 nitrogen and oxygen atoms in total. The second kappa shape index (κ2) is 10.7. The monoisotopic (exact) mass is 459 g/mol. The Kier molecular flexibility index (Phi) is 7.99. The number of ether oxygens (including phenoxy) is 2. The molecule has 3 rings (SSSR count). The number of benzene rings is 2. The third-order valence-corrected chi connectivity index (χ3v) is 5.89. The van der Waals surface area contributed by atoms with E-state index in [2.05, 4.69) is 21.2 Å². The smallest absolute Gasteiger partial charge is 0.262 e. The number of rotatable bonds is 8. The van der Waals surface area contributed by atoms with Gasteiger partial charge in [0.05, 0.1) is 6.61 Å². The lowest BCUT2D eigenvalue weighted by atomic mass is 9.87. The molecule has 1 N–H and O–H groups in total. The predicted molar refractivity (Wildman–Crippen MR) is 121 cm³/mol. The zero-order valence-corrected chi connectivity index (χ0v) is 18.9. The lowest BCUT2D eigenvalue weighted by Gasteiger charge is -2.21. The zero-order chi connectivity index (χ0) is 20.6. The van der Waals surface area contributed by atoms with Crippen molar-refractivity contribution in [1.82, 2.24) is 0 Å². The van der Waals surface area contributed by atoms with E-state index in [9.17, 15) is 4.79 Å². The quantitative estimate of drug-likeness (QED) is 0.494. The molecule has 0 bridgehead atoms. The van der Waals surface area contributed by atoms with Crippen molar-refractivity contribution in [2.75, 3.05) is 18.5 Å². The van der Waals surface area contributed by atoms with Gasteiger partial charge >= 0.3 is 0 Å². The van der Waals surface area contributed by atoms with E-state index in [1.807, 2.05) is 50.2 Å². The van der Waals surface area contributed by atoms with E-state index in [1.165, 1.54) is 32.1 Å². The van der Waals surface area contributed by atoms with Crippen LogP contribution in [0, 0.1) is 19.8 Å². The molecular weight excluding hydrogens is 430 g/mol. The summed E-state index contributed by atoms with van der Waals surface area (Å²) in [6.45, 7) is 4.68. The van der Waals surface area contributed by atoms with Crippen molar-refractivity contribution in [3.63, 3.8) is 0 Å². The van der Waals surface area contributed by atoms with Gasteiger partial charge in [-0.25, -0.2) is 0 Å². The summed E-state index contributed by atoms with van der Waals surface area (Å²) >= 11 is 3.47. The normalized spacial score (nSPS) is 14.4. The molecule has 5 heteroatoms. The molecule has 156 valence electrons. The van der Waals surface area contributed by atoms with Crippen LogP contribution in [0.3, 0.4) is 0 Å². The molecule has 0 heterocycles. The molecule has 0 atom stereocenters. The maximum atomic E-state index is 12.2. The van der Waals surface area contributed by atoms with Gasteiger partial charge in [0.15, 0.2) is 6.61 Å². The fourth-order valence-corrected chi connectivity index (χ4v) is 4.60. The van der Waals surface area contributed by atoms with Crippen molar-refractivity contribution in [2.45, 2.75) is 52.4 Å². The Hall–Kier alpha value is -2.01. The van der Waals surface area contributed by atoms with E-state index < -0.39 is 0 Å². The Labute approximate surface area is 182 Å². The minimum atomic E-state index is -0.183. The molecule has 1 aliphatic rings. The van der Waals surface area contributed by atoms with Crippen molar-refractivity contribution in [3.05, 3.63) is 52.0 Å². The van der Waals surface area contributed by atoms with Crippen LogP contribution in [-0.2, 0) is 4.79 Å². The molecule has 0 spiro atoms. The van der Waals surface area contributed by atoms with E-state index in [0.29, 0.717) is 0 Å². The van der Waals surface area contributed by atoms with Crippen LogP contribution >= 0.6 is 15.9 Å². The molecule has 0 radical (unpaired) electrons. The van der Waals surface area contributed by atoms with Crippen LogP contribution < -0.4 is 14.8 Å². The molecule has 2 aromatic rings. The molecule has 29 heavy (non-hydrogen) atoms. The summed E-state index contributed by atoms with van der Waals surface area (Å²) in [5.74, 6) is 2.24. The average Bonchev–Trinajstić information content (AvgIpc) is 2.69. The number of anilines is 1. The highest BCUT2D eigenvalue weighted by Crippen LogP contribution is 2.28. The van der Waals surface area contributed by atoms with E-state index >= 15 is 0 Å². The van der Waals surface area contributed by atoms with Crippen LogP contribution in [0.4, 0.5) is 5.69 Å². The zero-order valence-electron chi connectivity index (χ0n) is 17.3. The Balaban J connectivity index is 1.42. The number of hydrogen-bond acceptors (Lipinski definition) is 3. The lowest BCUT2D eigenvalue weighted by molar-refractivity contribution is -0.118. The summed E-state index contributed by atoms with van der Waals surface area (Å²) in [7, 11) is 0. The molecule has 2 aromatic carbocycles. The van der Waals surface area contributed by atoms with Gasteiger partial charge in [0.1, 0.15) is 11.5 Å². The van der Waals surface area contributed by atoms with Gasteiger partial charge in [-0.3, -0.25) is 4.79 Å². The minimum Gasteiger partial charge on any atom is -0.494 e. The Morgan fingerprint density at radius 3 is 2.34 bits per heavy atom. The molecule has 0 aliphatic heterocycles. The fraction of sp³-hybridized carbons (Fsp3) is 0.458. The van der Waals surface area contributed by atoms with Crippen molar-refractivity contribution < 1.29 is 14.3 Å². The molecule has 0 aromatic heterocycles. The maximum absolute atomic E-state index is 12.2. The predicted octanol–water partition coefficient (Wildman–Crippen LogP) is 6.43. The molecule has 1 saturated carbocycles. The van der Waals surface area contributed by atoms with Gasteiger partial charge in [-0.05, 0) is 73.7 Å². The van der Waals surface area contributed by atoms with Crippen molar-refractivity contribution in [2.24, 2.45) is 5.92 Å². The molecular formula is C24H30BrNO3. The third kappa shape index (κ3) is 6.77. The van der Waals surface area contributed by atoms with Gasteiger partial charge in [0.2, 0.25) is 0 Å². The maximum Gasteiger partial charge on any atom is 0.262 e. The summed E-state index contributed by atoms with van der Waals surface area (Å²) in [4.78, 5) is 12.2. The number of amides is 1. The lowest BCUT2D eigenvalue weighted by Crippen LogP contribution is -2.20. The first-order chi connectivity index (χ1) is 14.0. The second-order valence-corrected chi connectivity index (χ2v) is 8.79. The van der Waals surface area contributed by atoms with Crippen LogP contribution in [0.25, 0.3) is 0 Å². The molecule has 0 unspecified atom stereocenters. The van der Waals surface area contributed by atoms with Gasteiger partial charge in [-0.15, -0.1) is 0 Å². The number of carbonyl (C=O) groups is 1. The number of carbonyl (C=O) groups excluding carboxylic acids is 1. The Bertz CT molecular complexity index is 790. The van der Waals surface area contributed by atoms with Gasteiger partial charge < -0.3 is 14.8 Å². The summed E-state index contributed by atoms with van der Waals surface area (Å²) in [6, 6.07) is 11.5. The molecule has 1 fully saturated rings. The van der Waals surface area contributed by atoms with Crippen molar-refractivity contribution in [3.8, 4) is 11.5 Å². The SMILES string of the molecule is Cc1cc(Br)cc(C)c1OCC(=O)Nc1ccc(OCCC2CCCCC2)cc1. The topological polar surface area (TPSA) is 47.6 Å². The first kappa shape index (κ1) is 21.7. The van der Waals surface area contributed by atoms with Crippen LogP contribution in [0.1, 0.15) is 49.7 Å². The Morgan fingerprint density at radius 1 is 1.03 bits per heavy atom. The first-order valence-electron chi connectivity index (χ1n) is 10.4. The number of nitrogens with one attached hydrogen (secondary N) is 1. The van der Waals surface area contributed by atoms with E-state index in [-0.39, 0.29) is 12.5 Å².